The van der Waals surface area contributed by atoms with E-state index in [0.717, 1.165) is 56.3 Å². The van der Waals surface area contributed by atoms with E-state index in [0.29, 0.717) is 46.4 Å². The molecule has 3 unspecified atom stereocenters. The average molecular weight is 736 g/mol. The Morgan fingerprint density at radius 2 is 0.789 bits per heavy atom. The van der Waals surface area contributed by atoms with Gasteiger partial charge in [0.1, 0.15) is 0 Å². The number of hydrogen-bond acceptors (Lipinski definition) is 7. The van der Waals surface area contributed by atoms with E-state index in [4.69, 9.17) is 29.9 Å². The average Bonchev–Trinajstić information content (AvgIpc) is 3.94. The van der Waals surface area contributed by atoms with Crippen molar-refractivity contribution in [3.63, 3.8) is 0 Å². The van der Waals surface area contributed by atoms with Crippen LogP contribution < -0.4 is 0 Å². The van der Waals surface area contributed by atoms with Gasteiger partial charge in [-0.15, -0.1) is 0 Å². The first-order valence-corrected chi connectivity index (χ1v) is 19.6. The number of hydrogen-bond donors (Lipinski definition) is 0. The minimum atomic E-state index is 0.547. The number of nitriles is 1. The van der Waals surface area contributed by atoms with Crippen molar-refractivity contribution >= 4 is 0 Å². The molecule has 0 saturated heterocycles. The fourth-order valence-electron chi connectivity index (χ4n) is 8.58. The van der Waals surface area contributed by atoms with Crippen molar-refractivity contribution in [2.75, 3.05) is 0 Å². The van der Waals surface area contributed by atoms with Crippen molar-refractivity contribution in [1.82, 2.24) is 29.9 Å². The lowest BCUT2D eigenvalue weighted by Crippen LogP contribution is -2.08. The van der Waals surface area contributed by atoms with E-state index >= 15 is 0 Å². The first-order chi connectivity index (χ1) is 28.1. The van der Waals surface area contributed by atoms with E-state index in [9.17, 15) is 5.26 Å². The second kappa shape index (κ2) is 14.8. The number of fused-ring (bicyclic) bond motifs is 2. The van der Waals surface area contributed by atoms with Crippen LogP contribution in [0.15, 0.2) is 158 Å². The Hall–Kier alpha value is -7.17. The minimum Gasteiger partial charge on any atom is -0.208 e. The topological polar surface area (TPSA) is 101 Å². The summed E-state index contributed by atoms with van der Waals surface area (Å²) >= 11 is 0. The third kappa shape index (κ3) is 6.98. The summed E-state index contributed by atoms with van der Waals surface area (Å²) in [7, 11) is 0. The molecule has 2 aromatic heterocycles. The molecule has 57 heavy (non-hydrogen) atoms. The molecule has 2 saturated carbocycles. The summed E-state index contributed by atoms with van der Waals surface area (Å²) in [5, 5.41) is 9.22. The lowest BCUT2D eigenvalue weighted by atomic mass is 9.83. The van der Waals surface area contributed by atoms with Crippen LogP contribution in [0, 0.1) is 23.2 Å². The Morgan fingerprint density at radius 3 is 1.23 bits per heavy atom. The maximum absolute atomic E-state index is 9.22. The van der Waals surface area contributed by atoms with Gasteiger partial charge >= 0.3 is 0 Å². The van der Waals surface area contributed by atoms with Crippen molar-refractivity contribution in [3.05, 3.63) is 169 Å². The number of nitrogens with zero attached hydrogens (tertiary/aromatic N) is 7. The van der Waals surface area contributed by atoms with Crippen molar-refractivity contribution in [2.45, 2.75) is 31.6 Å². The highest BCUT2D eigenvalue weighted by Gasteiger charge is 2.40. The van der Waals surface area contributed by atoms with Crippen LogP contribution in [0.5, 0.6) is 0 Å². The van der Waals surface area contributed by atoms with Gasteiger partial charge in [-0.3, -0.25) is 0 Å². The zero-order valence-electron chi connectivity index (χ0n) is 31.2. The van der Waals surface area contributed by atoms with E-state index in [1.807, 2.05) is 121 Å². The maximum atomic E-state index is 9.22. The molecule has 10 rings (SSSR count). The molecule has 6 aromatic carbocycles. The van der Waals surface area contributed by atoms with E-state index in [1.165, 1.54) is 31.2 Å². The molecule has 0 spiro atoms. The highest BCUT2D eigenvalue weighted by atomic mass is 15.0. The largest absolute Gasteiger partial charge is 0.208 e. The van der Waals surface area contributed by atoms with Crippen molar-refractivity contribution in [1.29, 1.82) is 5.26 Å². The van der Waals surface area contributed by atoms with Gasteiger partial charge in [-0.25, -0.2) is 29.9 Å². The fraction of sp³-hybridized carbons (Fsp3) is 0.140. The molecule has 2 heterocycles. The summed E-state index contributed by atoms with van der Waals surface area (Å²) < 4.78 is 0. The number of rotatable bonds is 8. The number of benzene rings is 6. The van der Waals surface area contributed by atoms with Gasteiger partial charge in [0.25, 0.3) is 0 Å². The van der Waals surface area contributed by atoms with Crippen LogP contribution in [0.4, 0.5) is 0 Å². The first kappa shape index (κ1) is 34.3. The molecule has 8 aromatic rings. The van der Waals surface area contributed by atoms with Crippen molar-refractivity contribution in [3.8, 4) is 85.5 Å². The van der Waals surface area contributed by atoms with Crippen LogP contribution in [-0.2, 0) is 0 Å². The molecule has 2 fully saturated rings. The molecule has 7 heteroatoms. The smallest absolute Gasteiger partial charge is 0.164 e. The molecule has 0 aliphatic heterocycles. The van der Waals surface area contributed by atoms with Crippen molar-refractivity contribution in [2.24, 2.45) is 11.8 Å². The molecule has 2 aliphatic rings. The molecule has 3 atom stereocenters. The first-order valence-electron chi connectivity index (χ1n) is 19.6. The third-order valence-electron chi connectivity index (χ3n) is 11.5. The van der Waals surface area contributed by atoms with Crippen LogP contribution in [0.3, 0.4) is 0 Å². The Bertz CT molecular complexity index is 2740. The van der Waals surface area contributed by atoms with E-state index in [1.54, 1.807) is 0 Å². The van der Waals surface area contributed by atoms with Crippen LogP contribution in [0.25, 0.3) is 79.5 Å². The normalized spacial score (nSPS) is 17.0. The molecule has 7 nitrogen and oxygen atoms in total. The SMILES string of the molecule is N#Cc1ccc(-c2ccc(-c3nc(-c4ccccc4)nc(-c4cccc(-c5nc(-c6ccccc6)nc(-c6ccc(C7CC8CCC7C8)cc6)n5)c4)n3)cc2)cc1. The molecule has 0 radical (unpaired) electrons. The zero-order chi connectivity index (χ0) is 38.1. The second-order valence-corrected chi connectivity index (χ2v) is 15.1. The Morgan fingerprint density at radius 1 is 0.386 bits per heavy atom. The van der Waals surface area contributed by atoms with Crippen LogP contribution in [-0.4, -0.2) is 29.9 Å². The molecule has 0 amide bonds. The summed E-state index contributed by atoms with van der Waals surface area (Å²) in [5.74, 6) is 5.93. The standard InChI is InChI=1S/C50H37N7/c51-31-32-14-17-34(18-15-32)35-20-24-39(25-21-35)47-52-45(37-8-3-1-4-9-37)54-49(56-47)42-12-7-13-43(30-42)50-55-46(38-10-5-2-6-11-38)53-48(57-50)40-26-22-36(23-27-40)44-29-33-16-19-41(44)28-33/h1-15,17-18,20-27,30,33,41,44H,16,19,28-29H2. The Kier molecular flexibility index (Phi) is 8.92. The van der Waals surface area contributed by atoms with E-state index in [2.05, 4.69) is 42.5 Å². The van der Waals surface area contributed by atoms with Gasteiger partial charge in [-0.1, -0.05) is 146 Å². The fourth-order valence-corrected chi connectivity index (χ4v) is 8.58. The molecular formula is C50H37N7. The highest BCUT2D eigenvalue weighted by molar-refractivity contribution is 5.73. The van der Waals surface area contributed by atoms with Gasteiger partial charge in [0, 0.05) is 33.4 Å². The quantitative estimate of drug-likeness (QED) is 0.153. The predicted octanol–water partition coefficient (Wildman–Crippen LogP) is 11.5. The monoisotopic (exact) mass is 735 g/mol. The summed E-state index contributed by atoms with van der Waals surface area (Å²) in [6.45, 7) is 0. The van der Waals surface area contributed by atoms with E-state index in [-0.39, 0.29) is 0 Å². The van der Waals surface area contributed by atoms with Gasteiger partial charge < -0.3 is 0 Å². The predicted molar refractivity (Wildman–Crippen MR) is 224 cm³/mol. The molecule has 0 N–H and O–H groups in total. The van der Waals surface area contributed by atoms with Gasteiger partial charge in [-0.2, -0.15) is 5.26 Å². The van der Waals surface area contributed by atoms with Gasteiger partial charge in [0.05, 0.1) is 11.6 Å². The van der Waals surface area contributed by atoms with E-state index < -0.39 is 0 Å². The van der Waals surface area contributed by atoms with Crippen LogP contribution in [0.1, 0.15) is 42.7 Å². The maximum Gasteiger partial charge on any atom is 0.164 e. The van der Waals surface area contributed by atoms with Gasteiger partial charge in [0.15, 0.2) is 34.9 Å². The van der Waals surface area contributed by atoms with Crippen LogP contribution in [0.2, 0.25) is 0 Å². The number of aromatic nitrogens is 6. The third-order valence-corrected chi connectivity index (χ3v) is 11.5. The summed E-state index contributed by atoms with van der Waals surface area (Å²) in [6.07, 6.45) is 5.46. The Labute approximate surface area is 331 Å². The minimum absolute atomic E-state index is 0.547. The zero-order valence-corrected chi connectivity index (χ0v) is 31.2. The molecule has 2 aliphatic carbocycles. The summed E-state index contributed by atoms with van der Waals surface area (Å²) in [4.78, 5) is 30.1. The van der Waals surface area contributed by atoms with Gasteiger partial charge in [-0.05, 0) is 71.9 Å². The lowest BCUT2D eigenvalue weighted by molar-refractivity contribution is 0.420. The van der Waals surface area contributed by atoms with Crippen LogP contribution >= 0.6 is 0 Å². The summed E-state index contributed by atoms with van der Waals surface area (Å²) in [6, 6.07) is 55.0. The summed E-state index contributed by atoms with van der Waals surface area (Å²) in [5.41, 5.74) is 9.45. The highest BCUT2D eigenvalue weighted by Crippen LogP contribution is 2.53. The second-order valence-electron chi connectivity index (χ2n) is 15.1. The lowest BCUT2D eigenvalue weighted by Gasteiger charge is -2.22. The molecule has 272 valence electrons. The van der Waals surface area contributed by atoms with Crippen molar-refractivity contribution < 1.29 is 0 Å². The Balaban J connectivity index is 1.03. The van der Waals surface area contributed by atoms with Gasteiger partial charge in [0.2, 0.25) is 0 Å². The molecule has 2 bridgehead atoms. The molecular weight excluding hydrogens is 699 g/mol.